The third-order valence-corrected chi connectivity index (χ3v) is 0. The van der Waals surface area contributed by atoms with Gasteiger partial charge in [-0.3, -0.25) is 0 Å². The van der Waals surface area contributed by atoms with Crippen LogP contribution in [-0.4, -0.2) is 43.8 Å². The van der Waals surface area contributed by atoms with Crippen LogP contribution >= 0.6 is 8.96 Å². The molecular weight excluding hydrogens is 423 g/mol. The molecule has 0 saturated carbocycles. The number of halogens is 2. The molecule has 0 heterocycles. The topological polar surface area (TPSA) is 34.1 Å². The van der Waals surface area contributed by atoms with Gasteiger partial charge >= 0.3 is 61.9 Å². The van der Waals surface area contributed by atoms with Crippen molar-refractivity contribution in [2.24, 2.45) is 0 Å². The number of hydrogen-bond donors (Lipinski definition) is 0. The van der Waals surface area contributed by atoms with Crippen molar-refractivity contribution in [2.45, 2.75) is 0 Å². The second kappa shape index (κ2) is 3.49. The summed E-state index contributed by atoms with van der Waals surface area (Å²) in [7, 11) is 3.94. The fourth-order valence-corrected chi connectivity index (χ4v) is 0. The molecule has 0 rings (SSSR count). The molecule has 0 N–H and O–H groups in total. The monoisotopic (exact) mass is 428 g/mol. The third-order valence-electron chi connectivity index (χ3n) is 0. The van der Waals surface area contributed by atoms with Gasteiger partial charge in [0.25, 0.3) is 0 Å². The molecular formula is H3BiClFO2Te. The molecule has 0 unspecified atom stereocenters. The molecule has 2 nitrogen and oxygen atoms in total. The number of rotatable bonds is 0. The molecule has 0 atom stereocenters. The fourth-order valence-electron chi connectivity index (χ4n) is 0. The molecule has 0 amide bonds. The van der Waals surface area contributed by atoms with Gasteiger partial charge in [0, 0.05) is 0 Å². The van der Waals surface area contributed by atoms with Gasteiger partial charge in [0.15, 0.2) is 0 Å². The van der Waals surface area contributed by atoms with Crippen LogP contribution in [0.5, 0.6) is 0 Å². The van der Waals surface area contributed by atoms with E-state index >= 15 is 0 Å². The third kappa shape index (κ3) is 49.8. The van der Waals surface area contributed by atoms with Gasteiger partial charge in [-0.25, -0.2) is 0 Å². The zero-order chi connectivity index (χ0) is 4.50. The van der Waals surface area contributed by atoms with Gasteiger partial charge in [-0.1, -0.05) is 0 Å². The molecule has 0 aliphatic heterocycles. The van der Waals surface area contributed by atoms with Crippen LogP contribution in [0.1, 0.15) is 0 Å². The van der Waals surface area contributed by atoms with Crippen LogP contribution in [0.25, 0.3) is 0 Å². The van der Waals surface area contributed by atoms with Crippen LogP contribution < -0.4 is 0 Å². The summed E-state index contributed by atoms with van der Waals surface area (Å²) in [5.74, 6) is 0. The van der Waals surface area contributed by atoms with Crippen LogP contribution in [0.2, 0.25) is 0 Å². The quantitative estimate of drug-likeness (QED) is 0.481. The van der Waals surface area contributed by atoms with E-state index < -0.39 is 17.6 Å². The Balaban J connectivity index is 0. The SMILES string of the molecule is O=[Te](=O)(F)Cl.[BiH3]. The first-order chi connectivity index (χ1) is 2.00. The summed E-state index contributed by atoms with van der Waals surface area (Å²) in [6, 6.07) is 0. The maximum absolute atomic E-state index is 10.5. The van der Waals surface area contributed by atoms with Crippen molar-refractivity contribution >= 4 is 52.8 Å². The second-order valence-corrected chi connectivity index (χ2v) is 5.01. The van der Waals surface area contributed by atoms with Crippen LogP contribution in [0.4, 0.5) is 2.89 Å². The summed E-state index contributed by atoms with van der Waals surface area (Å²) in [6.07, 6.45) is 0. The summed E-state index contributed by atoms with van der Waals surface area (Å²) in [5.41, 5.74) is 0. The zero-order valence-corrected chi connectivity index (χ0v) is 11.3. The molecule has 0 fully saturated rings. The standard InChI is InChI=1S/Bi.ClFO2Te.3H/c;1-5(2,3)4;;;. The van der Waals surface area contributed by atoms with E-state index in [1.807, 2.05) is 0 Å². The van der Waals surface area contributed by atoms with Gasteiger partial charge in [0.05, 0.1) is 0 Å². The van der Waals surface area contributed by atoms with Crippen LogP contribution in [0, 0.1) is 0 Å². The molecule has 0 aliphatic rings. The molecule has 0 saturated heterocycles. The van der Waals surface area contributed by atoms with E-state index in [1.165, 1.54) is 0 Å². The van der Waals surface area contributed by atoms with E-state index in [1.54, 1.807) is 0 Å². The second-order valence-electron chi connectivity index (χ2n) is 0.378. The van der Waals surface area contributed by atoms with E-state index in [2.05, 4.69) is 8.96 Å². The Kier molecular flexibility index (Phi) is 6.09. The van der Waals surface area contributed by atoms with Gasteiger partial charge in [-0.05, 0) is 0 Å². The van der Waals surface area contributed by atoms with Crippen molar-refractivity contribution in [1.29, 1.82) is 0 Å². The van der Waals surface area contributed by atoms with Crippen LogP contribution in [0.3, 0.4) is 0 Å². The predicted molar refractivity (Wildman–Crippen MR) is 24.0 cm³/mol. The Morgan fingerprint density at radius 3 is 1.50 bits per heavy atom. The predicted octanol–water partition coefficient (Wildman–Crippen LogP) is -0.693. The summed E-state index contributed by atoms with van der Waals surface area (Å²) in [5, 5.41) is 0. The van der Waals surface area contributed by atoms with Crippen molar-refractivity contribution in [2.75, 3.05) is 0 Å². The van der Waals surface area contributed by atoms with E-state index in [-0.39, 0.29) is 26.2 Å². The molecule has 0 aromatic carbocycles. The molecule has 0 radical (unpaired) electrons. The average molecular weight is 426 g/mol. The summed E-state index contributed by atoms with van der Waals surface area (Å²) in [6.45, 7) is 0. The van der Waals surface area contributed by atoms with Crippen molar-refractivity contribution in [3.05, 3.63) is 0 Å². The first-order valence-corrected chi connectivity index (χ1v) is 6.38. The minimum atomic E-state index is -5.55. The van der Waals surface area contributed by atoms with E-state index in [0.29, 0.717) is 0 Å². The fraction of sp³-hybridized carbons (Fsp3) is 0. The van der Waals surface area contributed by atoms with Gasteiger partial charge in [0.2, 0.25) is 0 Å². The molecule has 0 aromatic heterocycles. The van der Waals surface area contributed by atoms with Crippen LogP contribution in [0.15, 0.2) is 0 Å². The molecule has 40 valence electrons. The molecule has 0 aliphatic carbocycles. The van der Waals surface area contributed by atoms with E-state index in [4.69, 9.17) is 6.21 Å². The van der Waals surface area contributed by atoms with Crippen molar-refractivity contribution in [3.63, 3.8) is 0 Å². The molecule has 6 heavy (non-hydrogen) atoms. The van der Waals surface area contributed by atoms with Gasteiger partial charge in [0.1, 0.15) is 0 Å². The van der Waals surface area contributed by atoms with E-state index in [0.717, 1.165) is 0 Å². The Labute approximate surface area is 61.2 Å². The molecule has 6 heteroatoms. The molecule has 0 spiro atoms. The number of hydrogen-bond acceptors (Lipinski definition) is 2. The van der Waals surface area contributed by atoms with Crippen molar-refractivity contribution < 1.29 is 9.10 Å². The Morgan fingerprint density at radius 1 is 1.50 bits per heavy atom. The normalized spacial score (nSPS) is 9.67. The summed E-state index contributed by atoms with van der Waals surface area (Å²) >= 11 is -5.55. The van der Waals surface area contributed by atoms with Gasteiger partial charge < -0.3 is 0 Å². The molecule has 0 bridgehead atoms. The Bertz CT molecular complexity index is 96.7. The van der Waals surface area contributed by atoms with Gasteiger partial charge in [-0.15, -0.1) is 0 Å². The Hall–Kier alpha value is 1.49. The average Bonchev–Trinajstić information content (AvgIpc) is 0.722. The molecule has 0 aromatic rings. The van der Waals surface area contributed by atoms with Gasteiger partial charge in [-0.2, -0.15) is 0 Å². The Morgan fingerprint density at radius 2 is 1.50 bits per heavy atom. The minimum absolute atomic E-state index is 0. The first kappa shape index (κ1) is 10.5. The van der Waals surface area contributed by atoms with E-state index in [9.17, 15) is 2.89 Å². The summed E-state index contributed by atoms with van der Waals surface area (Å²) < 4.78 is 28.2. The first-order valence-electron chi connectivity index (χ1n) is 0.642. The van der Waals surface area contributed by atoms with Crippen LogP contribution in [-0.2, 0) is 6.21 Å². The summed E-state index contributed by atoms with van der Waals surface area (Å²) in [4.78, 5) is 0. The zero-order valence-electron chi connectivity index (χ0n) is 2.69. The van der Waals surface area contributed by atoms with Crippen molar-refractivity contribution in [3.8, 4) is 0 Å². The maximum atomic E-state index is 10.5. The van der Waals surface area contributed by atoms with Crippen molar-refractivity contribution in [1.82, 2.24) is 0 Å².